The van der Waals surface area contributed by atoms with E-state index in [1.807, 2.05) is 17.0 Å². The molecule has 1 saturated heterocycles. The summed E-state index contributed by atoms with van der Waals surface area (Å²) in [6.07, 6.45) is 0.565. The lowest BCUT2D eigenvalue weighted by Gasteiger charge is -2.36. The minimum Gasteiger partial charge on any atom is -0.493 e. The highest BCUT2D eigenvalue weighted by molar-refractivity contribution is 9.10. The third-order valence-corrected chi connectivity index (χ3v) is 5.45. The quantitative estimate of drug-likeness (QED) is 0.747. The average Bonchev–Trinajstić information content (AvgIpc) is 2.53. The molecular weight excluding hydrogens is 370 g/mol. The summed E-state index contributed by atoms with van der Waals surface area (Å²) in [5, 5.41) is -0.0504. The van der Waals surface area contributed by atoms with Crippen LogP contribution in [0.15, 0.2) is 16.6 Å². The molecule has 122 valence electrons. The number of hydrogen-bond acceptors (Lipinski definition) is 5. The van der Waals surface area contributed by atoms with E-state index in [0.717, 1.165) is 15.8 Å². The second kappa shape index (κ2) is 8.08. The van der Waals surface area contributed by atoms with Gasteiger partial charge >= 0.3 is 0 Å². The number of carbonyl (C=O) groups excluding carboxylic acids is 1. The molecule has 1 fully saturated rings. The summed E-state index contributed by atoms with van der Waals surface area (Å²) in [7, 11) is 4.86. The zero-order valence-electron chi connectivity index (χ0n) is 12.9. The van der Waals surface area contributed by atoms with Crippen LogP contribution in [0.5, 0.6) is 11.5 Å². The van der Waals surface area contributed by atoms with Crippen molar-refractivity contribution in [2.45, 2.75) is 11.8 Å². The van der Waals surface area contributed by atoms with E-state index in [-0.39, 0.29) is 11.3 Å². The van der Waals surface area contributed by atoms with Crippen LogP contribution in [0.1, 0.15) is 17.4 Å². The number of amides is 1. The summed E-state index contributed by atoms with van der Waals surface area (Å²) in [5.74, 6) is 2.29. The molecule has 0 aliphatic carbocycles. The third-order valence-electron chi connectivity index (χ3n) is 3.50. The SMILES string of the molecule is COCCN1C(=O)CCSC1c1cc(OC)c(OC)cc1Br. The van der Waals surface area contributed by atoms with Crippen LogP contribution in [0.4, 0.5) is 0 Å². The fourth-order valence-electron chi connectivity index (χ4n) is 2.37. The Morgan fingerprint density at radius 2 is 1.95 bits per heavy atom. The van der Waals surface area contributed by atoms with Gasteiger partial charge in [0.25, 0.3) is 0 Å². The normalized spacial score (nSPS) is 18.5. The number of methoxy groups -OCH3 is 3. The largest absolute Gasteiger partial charge is 0.493 e. The lowest BCUT2D eigenvalue weighted by molar-refractivity contribution is -0.132. The van der Waals surface area contributed by atoms with Gasteiger partial charge in [-0.2, -0.15) is 0 Å². The van der Waals surface area contributed by atoms with Gasteiger partial charge in [0, 0.05) is 35.9 Å². The van der Waals surface area contributed by atoms with Crippen molar-refractivity contribution >= 4 is 33.6 Å². The van der Waals surface area contributed by atoms with Crippen molar-refractivity contribution < 1.29 is 19.0 Å². The molecule has 1 aromatic rings. The van der Waals surface area contributed by atoms with Crippen molar-refractivity contribution in [3.05, 3.63) is 22.2 Å². The topological polar surface area (TPSA) is 48.0 Å². The first-order valence-electron chi connectivity index (χ1n) is 6.93. The van der Waals surface area contributed by atoms with Crippen molar-refractivity contribution in [2.24, 2.45) is 0 Å². The molecule has 0 radical (unpaired) electrons. The van der Waals surface area contributed by atoms with E-state index in [9.17, 15) is 4.79 Å². The molecule has 1 amide bonds. The van der Waals surface area contributed by atoms with Crippen LogP contribution < -0.4 is 9.47 Å². The van der Waals surface area contributed by atoms with Crippen LogP contribution in [0.25, 0.3) is 0 Å². The van der Waals surface area contributed by atoms with Crippen LogP contribution in [0.2, 0.25) is 0 Å². The van der Waals surface area contributed by atoms with Crippen molar-refractivity contribution in [3.8, 4) is 11.5 Å². The smallest absolute Gasteiger partial charge is 0.224 e. The summed E-state index contributed by atoms with van der Waals surface area (Å²) in [6, 6.07) is 3.81. The maximum absolute atomic E-state index is 12.3. The number of benzene rings is 1. The Labute approximate surface area is 143 Å². The fraction of sp³-hybridized carbons (Fsp3) is 0.533. The number of halogens is 1. The first kappa shape index (κ1) is 17.4. The molecule has 2 rings (SSSR count). The first-order chi connectivity index (χ1) is 10.6. The minimum atomic E-state index is -0.0504. The number of carbonyl (C=O) groups is 1. The van der Waals surface area contributed by atoms with Gasteiger partial charge < -0.3 is 19.1 Å². The standard InChI is InChI=1S/C15H20BrNO4S/c1-19-6-5-17-14(18)4-7-22-15(17)10-8-12(20-2)13(21-3)9-11(10)16/h8-9,15H,4-7H2,1-3H3. The Balaban J connectivity index is 2.36. The Bertz CT molecular complexity index is 541. The number of ether oxygens (including phenoxy) is 3. The zero-order valence-corrected chi connectivity index (χ0v) is 15.3. The molecule has 5 nitrogen and oxygen atoms in total. The predicted molar refractivity (Wildman–Crippen MR) is 90.7 cm³/mol. The molecule has 1 aliphatic rings. The highest BCUT2D eigenvalue weighted by Gasteiger charge is 2.31. The predicted octanol–water partition coefficient (Wildman–Crippen LogP) is 3.08. The first-order valence-corrected chi connectivity index (χ1v) is 8.78. The molecular formula is C15H20BrNO4S. The molecule has 0 aromatic heterocycles. The van der Waals surface area contributed by atoms with Crippen LogP contribution in [0, 0.1) is 0 Å². The van der Waals surface area contributed by atoms with Crippen LogP contribution >= 0.6 is 27.7 Å². The van der Waals surface area contributed by atoms with Crippen molar-refractivity contribution in [1.82, 2.24) is 4.90 Å². The summed E-state index contributed by atoms with van der Waals surface area (Å²) in [5.41, 5.74) is 1.01. The highest BCUT2D eigenvalue weighted by Crippen LogP contribution is 2.44. The molecule has 0 spiro atoms. The van der Waals surface area contributed by atoms with E-state index in [2.05, 4.69) is 15.9 Å². The molecule has 1 heterocycles. The Morgan fingerprint density at radius 3 is 2.59 bits per heavy atom. The van der Waals surface area contributed by atoms with Gasteiger partial charge in [-0.1, -0.05) is 15.9 Å². The molecule has 1 aromatic carbocycles. The summed E-state index contributed by atoms with van der Waals surface area (Å²) >= 11 is 5.33. The summed E-state index contributed by atoms with van der Waals surface area (Å²) < 4.78 is 16.7. The maximum Gasteiger partial charge on any atom is 0.224 e. The van der Waals surface area contributed by atoms with Crippen LogP contribution in [-0.2, 0) is 9.53 Å². The zero-order chi connectivity index (χ0) is 16.1. The van der Waals surface area contributed by atoms with Gasteiger partial charge in [0.05, 0.1) is 20.8 Å². The van der Waals surface area contributed by atoms with Crippen molar-refractivity contribution in [1.29, 1.82) is 0 Å². The third kappa shape index (κ3) is 3.70. The Kier molecular flexibility index (Phi) is 6.40. The second-order valence-corrected chi connectivity index (χ2v) is 6.82. The van der Waals surface area contributed by atoms with Gasteiger partial charge in [-0.15, -0.1) is 11.8 Å². The van der Waals surface area contributed by atoms with Gasteiger partial charge in [0.15, 0.2) is 11.5 Å². The molecule has 1 aliphatic heterocycles. The number of nitrogens with zero attached hydrogens (tertiary/aromatic N) is 1. The van der Waals surface area contributed by atoms with E-state index in [1.165, 1.54) is 0 Å². The molecule has 7 heteroatoms. The van der Waals surface area contributed by atoms with Crippen molar-refractivity contribution in [2.75, 3.05) is 40.2 Å². The van der Waals surface area contributed by atoms with E-state index >= 15 is 0 Å². The summed E-state index contributed by atoms with van der Waals surface area (Å²) in [4.78, 5) is 14.1. The minimum absolute atomic E-state index is 0.0504. The van der Waals surface area contributed by atoms with E-state index in [1.54, 1.807) is 33.1 Å². The monoisotopic (exact) mass is 389 g/mol. The molecule has 1 atom stereocenters. The number of hydrogen-bond donors (Lipinski definition) is 0. The lowest BCUT2D eigenvalue weighted by Crippen LogP contribution is -2.39. The van der Waals surface area contributed by atoms with Crippen LogP contribution in [0.3, 0.4) is 0 Å². The van der Waals surface area contributed by atoms with Gasteiger partial charge in [0.1, 0.15) is 5.37 Å². The maximum atomic E-state index is 12.3. The molecule has 22 heavy (non-hydrogen) atoms. The van der Waals surface area contributed by atoms with Gasteiger partial charge in [-0.05, 0) is 12.1 Å². The number of thioether (sulfide) groups is 1. The van der Waals surface area contributed by atoms with Crippen molar-refractivity contribution in [3.63, 3.8) is 0 Å². The molecule has 0 saturated carbocycles. The second-order valence-electron chi connectivity index (χ2n) is 4.78. The average molecular weight is 390 g/mol. The van der Waals surface area contributed by atoms with Gasteiger partial charge in [0.2, 0.25) is 5.91 Å². The fourth-order valence-corrected chi connectivity index (χ4v) is 4.35. The van der Waals surface area contributed by atoms with Crippen LogP contribution in [-0.4, -0.2) is 51.0 Å². The van der Waals surface area contributed by atoms with E-state index < -0.39 is 0 Å². The van der Waals surface area contributed by atoms with Gasteiger partial charge in [-0.3, -0.25) is 4.79 Å². The lowest BCUT2D eigenvalue weighted by atomic mass is 10.1. The summed E-state index contributed by atoms with van der Waals surface area (Å²) in [6.45, 7) is 1.10. The molecule has 1 unspecified atom stereocenters. The molecule has 0 bridgehead atoms. The highest BCUT2D eigenvalue weighted by atomic mass is 79.9. The Hall–Kier alpha value is -0.920. The van der Waals surface area contributed by atoms with E-state index in [0.29, 0.717) is 31.1 Å². The Morgan fingerprint density at radius 1 is 1.27 bits per heavy atom. The molecule has 0 N–H and O–H groups in total. The van der Waals surface area contributed by atoms with Gasteiger partial charge in [-0.25, -0.2) is 0 Å². The van der Waals surface area contributed by atoms with E-state index in [4.69, 9.17) is 14.2 Å². The number of rotatable bonds is 6.